The molecule has 2 fully saturated rings. The van der Waals surface area contributed by atoms with Crippen molar-refractivity contribution in [1.82, 2.24) is 20.0 Å². The molecule has 13 nitrogen and oxygen atoms in total. The zero-order valence-corrected chi connectivity index (χ0v) is 23.4. The number of carbonyl (C=O) groups excluding carboxylic acids is 2. The Balaban J connectivity index is 1.51. The number of rotatable bonds is 9. The lowest BCUT2D eigenvalue weighted by atomic mass is 10.1. The van der Waals surface area contributed by atoms with Gasteiger partial charge in [0.25, 0.3) is 5.91 Å². The molecule has 228 valence electrons. The lowest BCUT2D eigenvalue weighted by Crippen LogP contribution is -2.50. The van der Waals surface area contributed by atoms with E-state index in [1.165, 1.54) is 11.0 Å². The number of amidine groups is 2. The second-order valence-corrected chi connectivity index (χ2v) is 9.80. The number of thioether (sulfide) groups is 1. The Bertz CT molecular complexity index is 1070. The number of halogens is 3. The first-order valence-electron chi connectivity index (χ1n) is 12.9. The van der Waals surface area contributed by atoms with Crippen LogP contribution in [0.25, 0.3) is 0 Å². The molecule has 0 radical (unpaired) electrons. The molecule has 0 aliphatic carbocycles. The number of amides is 2. The third-order valence-electron chi connectivity index (χ3n) is 6.01. The van der Waals surface area contributed by atoms with Crippen molar-refractivity contribution in [2.75, 3.05) is 84.3 Å². The molecule has 2 saturated heterocycles. The monoisotopic (exact) mass is 605 g/mol. The number of ether oxygens (including phenoxy) is 4. The number of carbonyl (C=O) groups is 2. The number of benzene rings is 1. The van der Waals surface area contributed by atoms with E-state index in [2.05, 4.69) is 20.3 Å². The highest BCUT2D eigenvalue weighted by Crippen LogP contribution is 2.31. The summed E-state index contributed by atoms with van der Waals surface area (Å²) < 4.78 is 58.6. The molecule has 2 amide bonds. The number of nitrogens with one attached hydrogen (secondary N) is 4. The van der Waals surface area contributed by atoms with Crippen LogP contribution in [-0.2, 0) is 14.2 Å². The standard InChI is InChI=1S/C24H34F3N7O6S/c1-2-39-23(36)34-7-5-33(6-8-34)22(29)41-21(28)31-20(35)17-3-4-19(40-24(25,26)27)18(15-17)30-16-38-14-11-32-9-12-37-13-10-32/h3-4,15,29-30H,2,5-14,16H2,1H3,(H2,28,31,35). The van der Waals surface area contributed by atoms with Crippen LogP contribution in [0.3, 0.4) is 0 Å². The highest BCUT2D eigenvalue weighted by Gasteiger charge is 2.32. The van der Waals surface area contributed by atoms with Crippen LogP contribution in [0.2, 0.25) is 0 Å². The van der Waals surface area contributed by atoms with E-state index < -0.39 is 24.1 Å². The Labute approximate surface area is 239 Å². The average Bonchev–Trinajstić information content (AvgIpc) is 2.93. The van der Waals surface area contributed by atoms with Crippen LogP contribution in [0.1, 0.15) is 17.3 Å². The molecule has 0 unspecified atom stereocenters. The molecule has 2 aliphatic heterocycles. The minimum absolute atomic E-state index is 0.00400. The summed E-state index contributed by atoms with van der Waals surface area (Å²) in [7, 11) is 0. The minimum atomic E-state index is -4.95. The molecule has 2 aliphatic rings. The van der Waals surface area contributed by atoms with Crippen molar-refractivity contribution in [3.8, 4) is 5.75 Å². The fraction of sp³-hybridized carbons (Fsp3) is 0.583. The predicted octanol–water partition coefficient (Wildman–Crippen LogP) is 2.41. The molecule has 17 heteroatoms. The van der Waals surface area contributed by atoms with Gasteiger partial charge in [0.2, 0.25) is 0 Å². The van der Waals surface area contributed by atoms with Gasteiger partial charge in [0, 0.05) is 51.4 Å². The summed E-state index contributed by atoms with van der Waals surface area (Å²) in [6.45, 7) is 7.05. The van der Waals surface area contributed by atoms with Gasteiger partial charge in [-0.15, -0.1) is 13.2 Å². The first-order valence-corrected chi connectivity index (χ1v) is 13.7. The summed E-state index contributed by atoms with van der Waals surface area (Å²) >= 11 is 0.700. The van der Waals surface area contributed by atoms with Crippen molar-refractivity contribution >= 4 is 39.8 Å². The Morgan fingerprint density at radius 1 is 1.07 bits per heavy atom. The SMILES string of the molecule is CCOC(=O)N1CCN(C(=N)SC(=N)NC(=O)c2ccc(OC(F)(F)F)c(NCOCCN3CCOCC3)c2)CC1. The Morgan fingerprint density at radius 3 is 2.41 bits per heavy atom. The Hall–Kier alpha value is -3.28. The molecule has 0 bridgehead atoms. The first-order chi connectivity index (χ1) is 19.6. The summed E-state index contributed by atoms with van der Waals surface area (Å²) in [5.41, 5.74) is -0.150. The maximum absolute atomic E-state index is 12.9. The largest absolute Gasteiger partial charge is 0.573 e. The molecular weight excluding hydrogens is 571 g/mol. The van der Waals surface area contributed by atoms with Gasteiger partial charge < -0.3 is 39.4 Å². The summed E-state index contributed by atoms with van der Waals surface area (Å²) in [6.07, 6.45) is -5.37. The number of alkyl halides is 3. The van der Waals surface area contributed by atoms with Gasteiger partial charge in [-0.1, -0.05) is 0 Å². The van der Waals surface area contributed by atoms with Gasteiger partial charge in [-0.25, -0.2) is 4.79 Å². The van der Waals surface area contributed by atoms with Crippen LogP contribution in [0.4, 0.5) is 23.7 Å². The molecule has 0 spiro atoms. The quantitative estimate of drug-likeness (QED) is 0.143. The number of nitrogens with zero attached hydrogens (tertiary/aromatic N) is 3. The molecule has 1 aromatic carbocycles. The summed E-state index contributed by atoms with van der Waals surface area (Å²) in [4.78, 5) is 29.9. The zero-order valence-electron chi connectivity index (χ0n) is 22.6. The predicted molar refractivity (Wildman–Crippen MR) is 146 cm³/mol. The van der Waals surface area contributed by atoms with Gasteiger partial charge in [-0.2, -0.15) is 0 Å². The fourth-order valence-electron chi connectivity index (χ4n) is 3.91. The van der Waals surface area contributed by atoms with Gasteiger partial charge in [0.05, 0.1) is 32.1 Å². The van der Waals surface area contributed by atoms with Crippen molar-refractivity contribution in [1.29, 1.82) is 10.8 Å². The van der Waals surface area contributed by atoms with Gasteiger partial charge in [0.1, 0.15) is 6.73 Å². The van der Waals surface area contributed by atoms with Crippen LogP contribution in [-0.4, -0.2) is 122 Å². The number of hydrogen-bond donors (Lipinski definition) is 4. The third kappa shape index (κ3) is 10.9. The second-order valence-electron chi connectivity index (χ2n) is 8.81. The van der Waals surface area contributed by atoms with Crippen molar-refractivity contribution in [3.63, 3.8) is 0 Å². The van der Waals surface area contributed by atoms with Crippen LogP contribution in [0, 0.1) is 10.8 Å². The van der Waals surface area contributed by atoms with Gasteiger partial charge in [-0.05, 0) is 36.9 Å². The second kappa shape index (κ2) is 15.6. The van der Waals surface area contributed by atoms with E-state index in [4.69, 9.17) is 25.0 Å². The average molecular weight is 606 g/mol. The highest BCUT2D eigenvalue weighted by atomic mass is 32.2. The molecule has 4 N–H and O–H groups in total. The molecule has 1 aromatic rings. The van der Waals surface area contributed by atoms with Gasteiger partial charge in [-0.3, -0.25) is 20.5 Å². The number of hydrogen-bond acceptors (Lipinski definition) is 11. The summed E-state index contributed by atoms with van der Waals surface area (Å²) in [5.74, 6) is -1.30. The normalized spacial score (nSPS) is 16.2. The smallest absolute Gasteiger partial charge is 0.450 e. The van der Waals surface area contributed by atoms with E-state index >= 15 is 0 Å². The van der Waals surface area contributed by atoms with E-state index in [0.717, 1.165) is 25.2 Å². The van der Waals surface area contributed by atoms with E-state index in [0.29, 0.717) is 64.3 Å². The zero-order chi connectivity index (χ0) is 29.8. The topological polar surface area (TPSA) is 153 Å². The number of anilines is 1. The fourth-order valence-corrected chi connectivity index (χ4v) is 4.56. The van der Waals surface area contributed by atoms with E-state index in [9.17, 15) is 22.8 Å². The van der Waals surface area contributed by atoms with Crippen molar-refractivity contribution in [2.45, 2.75) is 13.3 Å². The summed E-state index contributed by atoms with van der Waals surface area (Å²) in [6, 6.07) is 3.30. The molecule has 0 saturated carbocycles. The van der Waals surface area contributed by atoms with Gasteiger partial charge >= 0.3 is 12.5 Å². The Morgan fingerprint density at radius 2 is 1.76 bits per heavy atom. The van der Waals surface area contributed by atoms with Crippen LogP contribution in [0.5, 0.6) is 5.75 Å². The molecule has 3 rings (SSSR count). The van der Waals surface area contributed by atoms with Crippen molar-refractivity contribution in [2.24, 2.45) is 0 Å². The molecule has 0 atom stereocenters. The summed E-state index contributed by atoms with van der Waals surface area (Å²) in [5, 5.41) is 21.0. The molecule has 0 aromatic heterocycles. The first kappa shape index (κ1) is 32.2. The molecule has 41 heavy (non-hydrogen) atoms. The lowest BCUT2D eigenvalue weighted by molar-refractivity contribution is -0.274. The maximum atomic E-state index is 12.9. The minimum Gasteiger partial charge on any atom is -0.450 e. The molecule has 2 heterocycles. The number of piperazine rings is 1. The van der Waals surface area contributed by atoms with Crippen LogP contribution < -0.4 is 15.4 Å². The number of morpholine rings is 1. The Kier molecular flexibility index (Phi) is 12.3. The maximum Gasteiger partial charge on any atom is 0.573 e. The van der Waals surface area contributed by atoms with Gasteiger partial charge in [0.15, 0.2) is 16.1 Å². The van der Waals surface area contributed by atoms with E-state index in [1.54, 1.807) is 11.8 Å². The lowest BCUT2D eigenvalue weighted by Gasteiger charge is -2.34. The molecular formula is C24H34F3N7O6S. The highest BCUT2D eigenvalue weighted by molar-refractivity contribution is 8.26. The van der Waals surface area contributed by atoms with Crippen molar-refractivity contribution < 1.29 is 41.7 Å². The van der Waals surface area contributed by atoms with Crippen LogP contribution in [0.15, 0.2) is 18.2 Å². The van der Waals surface area contributed by atoms with Crippen LogP contribution >= 0.6 is 11.8 Å². The van der Waals surface area contributed by atoms with E-state index in [-0.39, 0.29) is 34.9 Å². The van der Waals surface area contributed by atoms with Crippen molar-refractivity contribution in [3.05, 3.63) is 23.8 Å². The van der Waals surface area contributed by atoms with E-state index in [1.807, 2.05) is 0 Å². The third-order valence-corrected chi connectivity index (χ3v) is 6.76.